The number of alkyl halides is 1. The summed E-state index contributed by atoms with van der Waals surface area (Å²) in [6, 6.07) is 9.49. The van der Waals surface area contributed by atoms with Gasteiger partial charge in [0.05, 0.1) is 12.8 Å². The van der Waals surface area contributed by atoms with Crippen LogP contribution in [0.15, 0.2) is 46.7 Å². The molecule has 2 unspecified atom stereocenters. The molecule has 0 radical (unpaired) electrons. The zero-order valence-electron chi connectivity index (χ0n) is 17.6. The summed E-state index contributed by atoms with van der Waals surface area (Å²) in [5.41, 5.74) is 2.30. The highest BCUT2D eigenvalue weighted by Gasteiger charge is 2.28. The maximum Gasteiger partial charge on any atom is 0.360 e. The van der Waals surface area contributed by atoms with Gasteiger partial charge in [0.15, 0.2) is 10.9 Å². The molecule has 0 bridgehead atoms. The molecule has 0 heterocycles. The van der Waals surface area contributed by atoms with E-state index in [1.54, 1.807) is 25.1 Å². The van der Waals surface area contributed by atoms with Crippen LogP contribution in [0.3, 0.4) is 0 Å². The average molecular weight is 468 g/mol. The average Bonchev–Trinajstić information content (AvgIpc) is 2.71. The van der Waals surface area contributed by atoms with Crippen LogP contribution in [-0.4, -0.2) is 31.6 Å². The highest BCUT2D eigenvalue weighted by Crippen LogP contribution is 2.43. The second-order valence-electron chi connectivity index (χ2n) is 6.60. The SMILES string of the molecule is CO/N=C(/C(=O)OC)c1cccc(C)c1CO/N=C(\C)c1cccc(F)c1C(F)(P)P. The highest BCUT2D eigenvalue weighted by molar-refractivity contribution is 7.38. The highest BCUT2D eigenvalue weighted by atomic mass is 31.1. The summed E-state index contributed by atoms with van der Waals surface area (Å²) in [5, 5.41) is 5.74. The summed E-state index contributed by atoms with van der Waals surface area (Å²) >= 11 is 0. The van der Waals surface area contributed by atoms with Crippen LogP contribution in [0.1, 0.15) is 34.7 Å². The van der Waals surface area contributed by atoms with Crippen molar-refractivity contribution < 1.29 is 28.0 Å². The third-order valence-electron chi connectivity index (χ3n) is 4.42. The number of methoxy groups -OCH3 is 1. The van der Waals surface area contributed by atoms with Crippen LogP contribution in [0.2, 0.25) is 0 Å². The normalized spacial score (nSPS) is 12.5. The van der Waals surface area contributed by atoms with Crippen molar-refractivity contribution in [3.63, 3.8) is 0 Å². The molecule has 0 aliphatic heterocycles. The van der Waals surface area contributed by atoms with E-state index in [1.165, 1.54) is 26.4 Å². The maximum atomic E-state index is 14.5. The number of oxime groups is 2. The molecule has 0 aromatic heterocycles. The van der Waals surface area contributed by atoms with Gasteiger partial charge in [-0.1, -0.05) is 59.1 Å². The number of benzene rings is 2. The van der Waals surface area contributed by atoms with E-state index >= 15 is 0 Å². The number of carbonyl (C=O) groups excluding carboxylic acids is 1. The fourth-order valence-corrected chi connectivity index (χ4v) is 3.54. The molecule has 0 N–H and O–H groups in total. The van der Waals surface area contributed by atoms with E-state index in [2.05, 4.69) is 10.3 Å². The summed E-state index contributed by atoms with van der Waals surface area (Å²) < 4.78 is 33.5. The Labute approximate surface area is 184 Å². The van der Waals surface area contributed by atoms with Gasteiger partial charge in [0.1, 0.15) is 19.5 Å². The van der Waals surface area contributed by atoms with Gasteiger partial charge >= 0.3 is 5.97 Å². The molecule has 31 heavy (non-hydrogen) atoms. The molecular formula is C21H24F2N2O4P2. The molecule has 6 nitrogen and oxygen atoms in total. The number of halogens is 2. The van der Waals surface area contributed by atoms with E-state index in [0.29, 0.717) is 11.1 Å². The van der Waals surface area contributed by atoms with Crippen molar-refractivity contribution in [2.75, 3.05) is 14.2 Å². The van der Waals surface area contributed by atoms with E-state index in [1.807, 2.05) is 31.5 Å². The number of carbonyl (C=O) groups is 1. The van der Waals surface area contributed by atoms with Crippen LogP contribution < -0.4 is 0 Å². The summed E-state index contributed by atoms with van der Waals surface area (Å²) in [6.45, 7) is 3.40. The lowest BCUT2D eigenvalue weighted by atomic mass is 9.99. The quantitative estimate of drug-likeness (QED) is 0.249. The zero-order chi connectivity index (χ0) is 23.2. The summed E-state index contributed by atoms with van der Waals surface area (Å²) in [4.78, 5) is 22.4. The Kier molecular flexibility index (Phi) is 8.60. The van der Waals surface area contributed by atoms with Crippen molar-refractivity contribution >= 4 is 35.9 Å². The predicted molar refractivity (Wildman–Crippen MR) is 122 cm³/mol. The van der Waals surface area contributed by atoms with E-state index < -0.39 is 16.9 Å². The molecule has 0 fully saturated rings. The van der Waals surface area contributed by atoms with Gasteiger partial charge in [0.25, 0.3) is 0 Å². The molecule has 166 valence electrons. The van der Waals surface area contributed by atoms with Crippen LogP contribution in [0.4, 0.5) is 8.78 Å². The summed E-state index contributed by atoms with van der Waals surface area (Å²) in [7, 11) is 6.46. The Morgan fingerprint density at radius 2 is 1.74 bits per heavy atom. The smallest absolute Gasteiger partial charge is 0.360 e. The number of hydrogen-bond acceptors (Lipinski definition) is 6. The number of esters is 1. The lowest BCUT2D eigenvalue weighted by Crippen LogP contribution is -2.20. The van der Waals surface area contributed by atoms with Gasteiger partial charge in [-0.05, 0) is 25.5 Å². The van der Waals surface area contributed by atoms with Gasteiger partial charge in [0.2, 0.25) is 0 Å². The van der Waals surface area contributed by atoms with Gasteiger partial charge in [-0.25, -0.2) is 13.6 Å². The third-order valence-corrected chi connectivity index (χ3v) is 5.00. The Hall–Kier alpha value is -2.43. The summed E-state index contributed by atoms with van der Waals surface area (Å²) in [5.74, 6) is -1.36. The monoisotopic (exact) mass is 468 g/mol. The second kappa shape index (κ2) is 10.7. The Bertz CT molecular complexity index is 1020. The third kappa shape index (κ3) is 6.05. The number of aryl methyl sites for hydroxylation is 1. The number of ether oxygens (including phenoxy) is 1. The Morgan fingerprint density at radius 3 is 2.35 bits per heavy atom. The largest absolute Gasteiger partial charge is 0.464 e. The van der Waals surface area contributed by atoms with E-state index in [0.717, 1.165) is 5.56 Å². The van der Waals surface area contributed by atoms with E-state index in [9.17, 15) is 13.6 Å². The van der Waals surface area contributed by atoms with Crippen LogP contribution >= 0.6 is 18.5 Å². The Morgan fingerprint density at radius 1 is 1.10 bits per heavy atom. The second-order valence-corrected chi connectivity index (χ2v) is 8.94. The molecule has 2 aromatic carbocycles. The molecule has 0 amide bonds. The minimum absolute atomic E-state index is 0.0198. The first-order valence-corrected chi connectivity index (χ1v) is 10.3. The standard InChI is InChI=1S/C21H24F2N2O4P2/c1-12-7-5-9-15(19(25-28-4)20(26)27-3)16(12)11-29-24-13(2)14-8-6-10-17(22)18(14)21(23,30)31/h5-10H,11,30-31H2,1-4H3/b24-13+,25-19+. The number of hydrogen-bond donors (Lipinski definition) is 0. The van der Waals surface area contributed by atoms with Gasteiger partial charge in [0, 0.05) is 22.3 Å². The van der Waals surface area contributed by atoms with Crippen molar-refractivity contribution in [2.45, 2.75) is 25.6 Å². The minimum Gasteiger partial charge on any atom is -0.464 e. The predicted octanol–water partition coefficient (Wildman–Crippen LogP) is 4.43. The fraction of sp³-hybridized carbons (Fsp3) is 0.286. The van der Waals surface area contributed by atoms with E-state index in [-0.39, 0.29) is 29.2 Å². The minimum atomic E-state index is -2.06. The lowest BCUT2D eigenvalue weighted by Gasteiger charge is -2.19. The molecule has 10 heteroatoms. The van der Waals surface area contributed by atoms with Gasteiger partial charge in [-0.15, -0.1) is 0 Å². The van der Waals surface area contributed by atoms with Crippen molar-refractivity contribution in [1.29, 1.82) is 0 Å². The first-order chi connectivity index (χ1) is 14.6. The molecule has 2 atom stereocenters. The van der Waals surface area contributed by atoms with Crippen molar-refractivity contribution in [3.05, 3.63) is 70.0 Å². The van der Waals surface area contributed by atoms with Crippen LogP contribution in [0, 0.1) is 12.7 Å². The molecular weight excluding hydrogens is 444 g/mol. The molecule has 2 aromatic rings. The first-order valence-electron chi connectivity index (χ1n) is 9.12. The van der Waals surface area contributed by atoms with Gasteiger partial charge < -0.3 is 14.4 Å². The van der Waals surface area contributed by atoms with Crippen molar-refractivity contribution in [3.8, 4) is 0 Å². The topological polar surface area (TPSA) is 69.5 Å². The molecule has 0 aliphatic carbocycles. The molecule has 0 spiro atoms. The van der Waals surface area contributed by atoms with Gasteiger partial charge in [-0.3, -0.25) is 0 Å². The lowest BCUT2D eigenvalue weighted by molar-refractivity contribution is -0.132. The van der Waals surface area contributed by atoms with Gasteiger partial charge in [-0.2, -0.15) is 0 Å². The van der Waals surface area contributed by atoms with Crippen LogP contribution in [-0.2, 0) is 31.0 Å². The maximum absolute atomic E-state index is 14.5. The summed E-state index contributed by atoms with van der Waals surface area (Å²) in [6.07, 6.45) is 0. The van der Waals surface area contributed by atoms with Crippen molar-refractivity contribution in [2.24, 2.45) is 10.3 Å². The molecule has 2 rings (SSSR count). The molecule has 0 saturated heterocycles. The molecule has 0 aliphatic rings. The van der Waals surface area contributed by atoms with Crippen molar-refractivity contribution in [1.82, 2.24) is 0 Å². The number of nitrogens with zero attached hydrogens (tertiary/aromatic N) is 2. The van der Waals surface area contributed by atoms with E-state index in [4.69, 9.17) is 14.4 Å². The molecule has 0 saturated carbocycles. The Balaban J connectivity index is 2.37. The van der Waals surface area contributed by atoms with Crippen LogP contribution in [0.25, 0.3) is 0 Å². The number of rotatable bonds is 8. The van der Waals surface area contributed by atoms with Crippen LogP contribution in [0.5, 0.6) is 0 Å². The zero-order valence-corrected chi connectivity index (χ0v) is 19.9. The first kappa shape index (κ1) is 24.8. The fourth-order valence-electron chi connectivity index (χ4n) is 2.96.